The van der Waals surface area contributed by atoms with Gasteiger partial charge in [0, 0.05) is 24.7 Å². The van der Waals surface area contributed by atoms with Crippen LogP contribution in [0.15, 0.2) is 36.5 Å². The fourth-order valence-electron chi connectivity index (χ4n) is 3.40. The summed E-state index contributed by atoms with van der Waals surface area (Å²) >= 11 is 7.51. The predicted octanol–water partition coefficient (Wildman–Crippen LogP) is 4.91. The van der Waals surface area contributed by atoms with Crippen LogP contribution in [0.2, 0.25) is 4.34 Å². The summed E-state index contributed by atoms with van der Waals surface area (Å²) < 4.78 is 42.0. The van der Waals surface area contributed by atoms with Crippen molar-refractivity contribution < 1.29 is 18.0 Å². The molecule has 31 heavy (non-hydrogen) atoms. The third-order valence-electron chi connectivity index (χ3n) is 4.90. The van der Waals surface area contributed by atoms with Crippen LogP contribution >= 0.6 is 22.9 Å². The molecule has 0 fully saturated rings. The molecule has 0 radical (unpaired) electrons. The number of hydrogen-bond acceptors (Lipinski definition) is 4. The van der Waals surface area contributed by atoms with Crippen LogP contribution < -0.4 is 11.1 Å². The molecule has 2 heterocycles. The molecule has 3 N–H and O–H groups in total. The lowest BCUT2D eigenvalue weighted by Crippen LogP contribution is -2.41. The van der Waals surface area contributed by atoms with Gasteiger partial charge in [-0.1, -0.05) is 29.8 Å². The maximum Gasteiger partial charge on any atom is 0.416 e. The first kappa shape index (κ1) is 23.3. The summed E-state index contributed by atoms with van der Waals surface area (Å²) in [5.41, 5.74) is 7.55. The second kappa shape index (κ2) is 9.42. The van der Waals surface area contributed by atoms with Crippen molar-refractivity contribution in [1.82, 2.24) is 15.1 Å². The van der Waals surface area contributed by atoms with Crippen LogP contribution in [-0.2, 0) is 19.1 Å². The van der Waals surface area contributed by atoms with E-state index in [1.165, 1.54) is 18.2 Å². The molecule has 0 saturated heterocycles. The highest BCUT2D eigenvalue weighted by atomic mass is 35.5. The summed E-state index contributed by atoms with van der Waals surface area (Å²) in [6, 6.07) is 6.30. The van der Waals surface area contributed by atoms with E-state index in [9.17, 15) is 18.0 Å². The Bertz CT molecular complexity index is 1080. The summed E-state index contributed by atoms with van der Waals surface area (Å²) in [5, 5.41) is 7.03. The van der Waals surface area contributed by atoms with Gasteiger partial charge in [-0.25, -0.2) is 0 Å². The number of rotatable bonds is 7. The van der Waals surface area contributed by atoms with Gasteiger partial charge in [-0.3, -0.25) is 9.48 Å². The van der Waals surface area contributed by atoms with Crippen molar-refractivity contribution in [2.45, 2.75) is 39.0 Å². The number of aryl methyl sites for hydroxylation is 2. The number of carbonyl (C=O) groups is 1. The SMILES string of the molecule is CCn1ncc(C)c1-c1cc(C(=O)NC(CN)Cc2ccccc2C(F)(F)F)sc1Cl. The molecule has 166 valence electrons. The Morgan fingerprint density at radius 3 is 2.71 bits per heavy atom. The lowest BCUT2D eigenvalue weighted by atomic mass is 9.99. The van der Waals surface area contributed by atoms with Crippen LogP contribution in [0.25, 0.3) is 11.3 Å². The summed E-state index contributed by atoms with van der Waals surface area (Å²) in [6.07, 6.45) is -2.78. The van der Waals surface area contributed by atoms with Gasteiger partial charge >= 0.3 is 6.18 Å². The van der Waals surface area contributed by atoms with Crippen molar-refractivity contribution in [2.24, 2.45) is 5.73 Å². The molecule has 1 amide bonds. The van der Waals surface area contributed by atoms with Gasteiger partial charge in [-0.15, -0.1) is 11.3 Å². The first-order valence-corrected chi connectivity index (χ1v) is 10.8. The second-order valence-electron chi connectivity index (χ2n) is 7.06. The van der Waals surface area contributed by atoms with E-state index in [0.29, 0.717) is 21.3 Å². The molecule has 1 aromatic carbocycles. The first-order chi connectivity index (χ1) is 14.7. The third kappa shape index (κ3) is 5.11. The first-order valence-electron chi connectivity index (χ1n) is 9.63. The molecule has 0 spiro atoms. The molecule has 0 aliphatic carbocycles. The molecule has 3 aromatic rings. The molecule has 0 bridgehead atoms. The zero-order chi connectivity index (χ0) is 22.8. The van der Waals surface area contributed by atoms with Gasteiger partial charge in [-0.05, 0) is 43.5 Å². The van der Waals surface area contributed by atoms with Gasteiger partial charge in [0.1, 0.15) is 4.34 Å². The van der Waals surface area contributed by atoms with Gasteiger partial charge in [0.25, 0.3) is 5.91 Å². The van der Waals surface area contributed by atoms with Crippen molar-refractivity contribution >= 4 is 28.8 Å². The Labute approximate surface area is 187 Å². The largest absolute Gasteiger partial charge is 0.416 e. The topological polar surface area (TPSA) is 72.9 Å². The highest BCUT2D eigenvalue weighted by Crippen LogP contribution is 2.37. The maximum atomic E-state index is 13.3. The summed E-state index contributed by atoms with van der Waals surface area (Å²) in [4.78, 5) is 13.2. The average Bonchev–Trinajstić information content (AvgIpc) is 3.28. The van der Waals surface area contributed by atoms with E-state index in [0.717, 1.165) is 28.7 Å². The number of halogens is 4. The number of aromatic nitrogens is 2. The molecule has 3 rings (SSSR count). The Kier molecular flexibility index (Phi) is 7.08. The highest BCUT2D eigenvalue weighted by molar-refractivity contribution is 7.18. The van der Waals surface area contributed by atoms with Crippen molar-refractivity contribution in [1.29, 1.82) is 0 Å². The average molecular weight is 471 g/mol. The second-order valence-corrected chi connectivity index (χ2v) is 8.71. The molecule has 10 heteroatoms. The molecule has 1 atom stereocenters. The van der Waals surface area contributed by atoms with E-state index in [-0.39, 0.29) is 18.5 Å². The van der Waals surface area contributed by atoms with Crippen molar-refractivity contribution in [3.05, 3.63) is 62.4 Å². The maximum absolute atomic E-state index is 13.3. The van der Waals surface area contributed by atoms with Crippen molar-refractivity contribution in [3.63, 3.8) is 0 Å². The number of thiophene rings is 1. The third-order valence-corrected chi connectivity index (χ3v) is 6.25. The van der Waals surface area contributed by atoms with Crippen molar-refractivity contribution in [2.75, 3.05) is 6.54 Å². The normalized spacial score (nSPS) is 12.7. The molecule has 2 aromatic heterocycles. The fourth-order valence-corrected chi connectivity index (χ4v) is 4.58. The number of nitrogens with two attached hydrogens (primary N) is 1. The van der Waals surface area contributed by atoms with Gasteiger partial charge in [0.05, 0.1) is 22.3 Å². The van der Waals surface area contributed by atoms with E-state index >= 15 is 0 Å². The standard InChI is InChI=1S/C21H22ClF3N4OS/c1-3-29-18(12(2)11-27-29)15-9-17(31-19(15)22)20(30)28-14(10-26)8-13-6-4-5-7-16(13)21(23,24)25/h4-7,9,11,14H,3,8,10,26H2,1-2H3,(H,28,30). The summed E-state index contributed by atoms with van der Waals surface area (Å²) in [5.74, 6) is -0.432. The van der Waals surface area contributed by atoms with Crippen LogP contribution in [0.1, 0.15) is 33.3 Å². The van der Waals surface area contributed by atoms with Crippen LogP contribution in [0, 0.1) is 6.92 Å². The fraction of sp³-hybridized carbons (Fsp3) is 0.333. The number of alkyl halides is 3. The number of nitrogens with one attached hydrogen (secondary N) is 1. The smallest absolute Gasteiger partial charge is 0.347 e. The van der Waals surface area contributed by atoms with Gasteiger partial charge in [-0.2, -0.15) is 18.3 Å². The van der Waals surface area contributed by atoms with Crippen LogP contribution in [0.5, 0.6) is 0 Å². The molecule has 5 nitrogen and oxygen atoms in total. The zero-order valence-electron chi connectivity index (χ0n) is 17.0. The Morgan fingerprint density at radius 2 is 2.06 bits per heavy atom. The van der Waals surface area contributed by atoms with Gasteiger partial charge in [0.2, 0.25) is 0 Å². The highest BCUT2D eigenvalue weighted by Gasteiger charge is 2.33. The molecule has 1 unspecified atom stereocenters. The minimum Gasteiger partial charge on any atom is -0.347 e. The number of amides is 1. The lowest BCUT2D eigenvalue weighted by molar-refractivity contribution is -0.138. The van der Waals surface area contributed by atoms with Crippen LogP contribution in [0.4, 0.5) is 13.2 Å². The monoisotopic (exact) mass is 470 g/mol. The number of carbonyl (C=O) groups excluding carboxylic acids is 1. The minimum atomic E-state index is -4.48. The number of hydrogen-bond donors (Lipinski definition) is 2. The van der Waals surface area contributed by atoms with Gasteiger partial charge < -0.3 is 11.1 Å². The molecule has 0 aliphatic heterocycles. The van der Waals surface area contributed by atoms with E-state index in [2.05, 4.69) is 10.4 Å². The molecule has 0 aliphatic rings. The zero-order valence-corrected chi connectivity index (χ0v) is 18.5. The van der Waals surface area contributed by atoms with Crippen molar-refractivity contribution in [3.8, 4) is 11.3 Å². The summed E-state index contributed by atoms with van der Waals surface area (Å²) in [6.45, 7) is 4.50. The van der Waals surface area contributed by atoms with E-state index in [4.69, 9.17) is 17.3 Å². The number of nitrogens with zero attached hydrogens (tertiary/aromatic N) is 2. The number of benzene rings is 1. The molecular weight excluding hydrogens is 449 g/mol. The van der Waals surface area contributed by atoms with Crippen LogP contribution in [-0.4, -0.2) is 28.3 Å². The Morgan fingerprint density at radius 1 is 1.35 bits per heavy atom. The van der Waals surface area contributed by atoms with E-state index < -0.39 is 23.7 Å². The molecular formula is C21H22ClF3N4OS. The quantitative estimate of drug-likeness (QED) is 0.515. The van der Waals surface area contributed by atoms with Crippen LogP contribution in [0.3, 0.4) is 0 Å². The Hall–Kier alpha value is -2.36. The molecule has 0 saturated carbocycles. The van der Waals surface area contributed by atoms with Gasteiger partial charge in [0.15, 0.2) is 0 Å². The predicted molar refractivity (Wildman–Crippen MR) is 116 cm³/mol. The van der Waals surface area contributed by atoms with E-state index in [1.54, 1.807) is 16.9 Å². The van der Waals surface area contributed by atoms with E-state index in [1.807, 2.05) is 13.8 Å². The Balaban J connectivity index is 1.81. The lowest BCUT2D eigenvalue weighted by Gasteiger charge is -2.19. The minimum absolute atomic E-state index is 0.00832. The summed E-state index contributed by atoms with van der Waals surface area (Å²) in [7, 11) is 0.